The molecule has 1 N–H and O–H groups in total. The Bertz CT molecular complexity index is 1140. The van der Waals surface area contributed by atoms with Gasteiger partial charge in [0.2, 0.25) is 11.8 Å². The maximum atomic E-state index is 13.7. The van der Waals surface area contributed by atoms with Crippen LogP contribution in [0.4, 0.5) is 0 Å². The molecule has 196 valence electrons. The van der Waals surface area contributed by atoms with Crippen molar-refractivity contribution in [3.8, 4) is 0 Å². The second-order valence-corrected chi connectivity index (χ2v) is 11.0. The summed E-state index contributed by atoms with van der Waals surface area (Å²) < 4.78 is 0. The van der Waals surface area contributed by atoms with Gasteiger partial charge in [-0.2, -0.15) is 11.8 Å². The van der Waals surface area contributed by atoms with Gasteiger partial charge in [-0.25, -0.2) is 0 Å². The van der Waals surface area contributed by atoms with Gasteiger partial charge in [0.1, 0.15) is 6.04 Å². The van der Waals surface area contributed by atoms with Crippen molar-refractivity contribution < 1.29 is 9.59 Å². The Labute approximate surface area is 234 Å². The van der Waals surface area contributed by atoms with Crippen molar-refractivity contribution in [2.45, 2.75) is 57.5 Å². The van der Waals surface area contributed by atoms with Crippen LogP contribution >= 0.6 is 35.0 Å². The van der Waals surface area contributed by atoms with E-state index in [1.165, 1.54) is 5.56 Å². The third kappa shape index (κ3) is 9.41. The summed E-state index contributed by atoms with van der Waals surface area (Å²) >= 11 is 14.3. The lowest BCUT2D eigenvalue weighted by Gasteiger charge is -2.32. The van der Waals surface area contributed by atoms with Crippen molar-refractivity contribution in [2.75, 3.05) is 5.75 Å². The Morgan fingerprint density at radius 3 is 2.22 bits per heavy atom. The maximum Gasteiger partial charge on any atom is 0.243 e. The molecule has 0 saturated heterocycles. The monoisotopic (exact) mass is 556 g/mol. The highest BCUT2D eigenvalue weighted by molar-refractivity contribution is 7.98. The van der Waals surface area contributed by atoms with Crippen LogP contribution in [0, 0.1) is 0 Å². The summed E-state index contributed by atoms with van der Waals surface area (Å²) in [6, 6.07) is 24.6. The van der Waals surface area contributed by atoms with E-state index in [0.29, 0.717) is 28.6 Å². The number of hydrogen-bond acceptors (Lipinski definition) is 3. The summed E-state index contributed by atoms with van der Waals surface area (Å²) in [5, 5.41) is 4.09. The predicted molar refractivity (Wildman–Crippen MR) is 156 cm³/mol. The van der Waals surface area contributed by atoms with E-state index in [2.05, 4.69) is 17.4 Å². The van der Waals surface area contributed by atoms with Gasteiger partial charge in [-0.05, 0) is 42.2 Å². The van der Waals surface area contributed by atoms with Crippen molar-refractivity contribution >= 4 is 46.8 Å². The molecule has 0 radical (unpaired) electrons. The zero-order chi connectivity index (χ0) is 26.6. The van der Waals surface area contributed by atoms with Crippen LogP contribution in [0.5, 0.6) is 0 Å². The topological polar surface area (TPSA) is 49.4 Å². The maximum absolute atomic E-state index is 13.7. The second-order valence-electron chi connectivity index (χ2n) is 9.07. The van der Waals surface area contributed by atoms with Gasteiger partial charge in [0.05, 0.1) is 0 Å². The number of nitrogens with one attached hydrogen (secondary N) is 1. The van der Waals surface area contributed by atoms with Crippen LogP contribution in [0.1, 0.15) is 43.4 Å². The Morgan fingerprint density at radius 1 is 0.946 bits per heavy atom. The third-order valence-electron chi connectivity index (χ3n) is 6.20. The molecule has 7 heteroatoms. The Kier molecular flexibility index (Phi) is 11.8. The van der Waals surface area contributed by atoms with E-state index in [0.717, 1.165) is 23.3 Å². The minimum Gasteiger partial charge on any atom is -0.352 e. The van der Waals surface area contributed by atoms with E-state index in [4.69, 9.17) is 23.2 Å². The molecule has 3 aromatic rings. The Morgan fingerprint density at radius 2 is 1.59 bits per heavy atom. The summed E-state index contributed by atoms with van der Waals surface area (Å²) in [6.07, 6.45) is 1.54. The van der Waals surface area contributed by atoms with E-state index in [-0.39, 0.29) is 24.4 Å². The average molecular weight is 558 g/mol. The van der Waals surface area contributed by atoms with Crippen molar-refractivity contribution in [2.24, 2.45) is 0 Å². The molecule has 37 heavy (non-hydrogen) atoms. The first kappa shape index (κ1) is 29.1. The molecular weight excluding hydrogens is 523 g/mol. The van der Waals surface area contributed by atoms with E-state index >= 15 is 0 Å². The van der Waals surface area contributed by atoms with Crippen LogP contribution < -0.4 is 5.32 Å². The molecule has 0 aromatic heterocycles. The molecule has 0 saturated carbocycles. The van der Waals surface area contributed by atoms with E-state index in [9.17, 15) is 9.59 Å². The van der Waals surface area contributed by atoms with Crippen LogP contribution in [0.15, 0.2) is 78.9 Å². The number of carbonyl (C=O) groups is 2. The molecule has 4 nitrogen and oxygen atoms in total. The van der Waals surface area contributed by atoms with Gasteiger partial charge in [0.15, 0.2) is 0 Å². The smallest absolute Gasteiger partial charge is 0.243 e. The summed E-state index contributed by atoms with van der Waals surface area (Å²) in [5.74, 6) is 1.25. The number of benzene rings is 3. The van der Waals surface area contributed by atoms with Gasteiger partial charge in [0, 0.05) is 47.0 Å². The normalized spacial score (nSPS) is 12.5. The van der Waals surface area contributed by atoms with Gasteiger partial charge in [-0.15, -0.1) is 0 Å². The van der Waals surface area contributed by atoms with Crippen LogP contribution in [0.2, 0.25) is 10.0 Å². The third-order valence-corrected chi connectivity index (χ3v) is 7.82. The van der Waals surface area contributed by atoms with E-state index < -0.39 is 6.04 Å². The molecule has 3 rings (SSSR count). The zero-order valence-electron chi connectivity index (χ0n) is 21.3. The SMILES string of the molecule is CC[C@H](C)NC(=O)[C@H](Cc1ccccc1)N(Cc1ccc(Cl)cc1Cl)C(=O)CCSCc1ccccc1. The lowest BCUT2D eigenvalue weighted by molar-refractivity contribution is -0.141. The number of halogens is 2. The Hall–Kier alpha value is -2.47. The molecule has 0 aliphatic carbocycles. The van der Waals surface area contributed by atoms with Crippen molar-refractivity contribution in [1.29, 1.82) is 0 Å². The van der Waals surface area contributed by atoms with Crippen LogP contribution in [-0.2, 0) is 28.3 Å². The van der Waals surface area contributed by atoms with Gasteiger partial charge in [-0.1, -0.05) is 96.9 Å². The van der Waals surface area contributed by atoms with E-state index in [1.807, 2.05) is 68.4 Å². The molecule has 0 heterocycles. The zero-order valence-corrected chi connectivity index (χ0v) is 23.7. The molecule has 3 aromatic carbocycles. The second kappa shape index (κ2) is 15.1. The number of amides is 2. The van der Waals surface area contributed by atoms with Crippen LogP contribution in [-0.4, -0.2) is 34.6 Å². The lowest BCUT2D eigenvalue weighted by atomic mass is 10.0. The van der Waals surface area contributed by atoms with Gasteiger partial charge < -0.3 is 10.2 Å². The van der Waals surface area contributed by atoms with Crippen LogP contribution in [0.3, 0.4) is 0 Å². The number of carbonyl (C=O) groups excluding carboxylic acids is 2. The van der Waals surface area contributed by atoms with Gasteiger partial charge in [-0.3, -0.25) is 9.59 Å². The standard InChI is InChI=1S/C30H34Cl2N2O2S/c1-3-22(2)33-30(36)28(18-23-10-6-4-7-11-23)34(20-25-14-15-26(31)19-27(25)32)29(35)16-17-37-21-24-12-8-5-9-13-24/h4-15,19,22,28H,3,16-18,20-21H2,1-2H3,(H,33,36)/t22-,28-/m0/s1. The number of hydrogen-bond donors (Lipinski definition) is 1. The molecule has 0 fully saturated rings. The molecule has 0 spiro atoms. The van der Waals surface area contributed by atoms with Gasteiger partial charge >= 0.3 is 0 Å². The molecule has 0 bridgehead atoms. The number of nitrogens with zero attached hydrogens (tertiary/aromatic N) is 1. The molecule has 2 atom stereocenters. The van der Waals surface area contributed by atoms with Crippen molar-refractivity contribution in [3.63, 3.8) is 0 Å². The molecule has 0 aliphatic rings. The lowest BCUT2D eigenvalue weighted by Crippen LogP contribution is -2.52. The molecule has 0 unspecified atom stereocenters. The van der Waals surface area contributed by atoms with Crippen LogP contribution in [0.25, 0.3) is 0 Å². The van der Waals surface area contributed by atoms with Gasteiger partial charge in [0.25, 0.3) is 0 Å². The average Bonchev–Trinajstić information content (AvgIpc) is 2.90. The minimum absolute atomic E-state index is 0.00303. The highest BCUT2D eigenvalue weighted by Crippen LogP contribution is 2.25. The summed E-state index contributed by atoms with van der Waals surface area (Å²) in [4.78, 5) is 28.9. The Balaban J connectivity index is 1.84. The molecule has 2 amide bonds. The first-order valence-electron chi connectivity index (χ1n) is 12.6. The van der Waals surface area contributed by atoms with Crippen molar-refractivity contribution in [3.05, 3.63) is 106 Å². The summed E-state index contributed by atoms with van der Waals surface area (Å²) in [5.41, 5.74) is 2.97. The molecular formula is C30H34Cl2N2O2S. The van der Waals surface area contributed by atoms with E-state index in [1.54, 1.807) is 28.8 Å². The summed E-state index contributed by atoms with van der Waals surface area (Å²) in [6.45, 7) is 4.22. The van der Waals surface area contributed by atoms with Crippen molar-refractivity contribution in [1.82, 2.24) is 10.2 Å². The quantitative estimate of drug-likeness (QED) is 0.227. The summed E-state index contributed by atoms with van der Waals surface area (Å²) in [7, 11) is 0. The fourth-order valence-electron chi connectivity index (χ4n) is 3.90. The first-order chi connectivity index (χ1) is 17.9. The first-order valence-corrected chi connectivity index (χ1v) is 14.5. The predicted octanol–water partition coefficient (Wildman–Crippen LogP) is 7.17. The molecule has 0 aliphatic heterocycles. The number of rotatable bonds is 13. The highest BCUT2D eigenvalue weighted by atomic mass is 35.5. The highest BCUT2D eigenvalue weighted by Gasteiger charge is 2.31. The number of thioether (sulfide) groups is 1. The fourth-order valence-corrected chi connectivity index (χ4v) is 5.26. The fraction of sp³-hybridized carbons (Fsp3) is 0.333. The minimum atomic E-state index is -0.672. The largest absolute Gasteiger partial charge is 0.352 e.